The van der Waals surface area contributed by atoms with Gasteiger partial charge in [-0.3, -0.25) is 0 Å². The van der Waals surface area contributed by atoms with Crippen molar-refractivity contribution in [3.8, 4) is 0 Å². The minimum atomic E-state index is 0.652. The first-order chi connectivity index (χ1) is 7.13. The van der Waals surface area contributed by atoms with Crippen LogP contribution in [0.1, 0.15) is 17.0 Å². The molecule has 1 heterocycles. The molecule has 0 aliphatic rings. The Morgan fingerprint density at radius 3 is 2.80 bits per heavy atom. The van der Waals surface area contributed by atoms with Gasteiger partial charge in [0.2, 0.25) is 5.89 Å². The van der Waals surface area contributed by atoms with Crippen LogP contribution in [0.4, 0.5) is 0 Å². The lowest BCUT2D eigenvalue weighted by Gasteiger charge is -1.99. The highest BCUT2D eigenvalue weighted by molar-refractivity contribution is 9.10. The van der Waals surface area contributed by atoms with E-state index in [0.717, 1.165) is 27.0 Å². The summed E-state index contributed by atoms with van der Waals surface area (Å²) >= 11 is 3.53. The minimum absolute atomic E-state index is 0.652. The predicted molar refractivity (Wildman–Crippen MR) is 63.9 cm³/mol. The maximum Gasteiger partial charge on any atom is 0.209 e. The Bertz CT molecular complexity index is 505. The quantitative estimate of drug-likeness (QED) is 0.910. The molecule has 0 saturated heterocycles. The first-order valence-electron chi connectivity index (χ1n) is 4.83. The van der Waals surface area contributed by atoms with Crippen LogP contribution in [0.3, 0.4) is 0 Å². The van der Waals surface area contributed by atoms with Crippen LogP contribution in [0, 0.1) is 13.8 Å². The zero-order valence-electron chi connectivity index (χ0n) is 9.02. The molecular weight excluding hydrogens is 256 g/mol. The zero-order chi connectivity index (χ0) is 11.0. The highest BCUT2D eigenvalue weighted by Gasteiger charge is 2.12. The van der Waals surface area contributed by atoms with Crippen LogP contribution in [-0.4, -0.2) is 12.0 Å². The van der Waals surface area contributed by atoms with Crippen molar-refractivity contribution in [1.29, 1.82) is 0 Å². The van der Waals surface area contributed by atoms with Gasteiger partial charge in [0.15, 0.2) is 5.58 Å². The molecule has 0 aliphatic carbocycles. The molecular formula is C11H13BrN2O. The van der Waals surface area contributed by atoms with Crippen molar-refractivity contribution in [3.63, 3.8) is 0 Å². The fourth-order valence-electron chi connectivity index (χ4n) is 1.64. The first kappa shape index (κ1) is 10.6. The second kappa shape index (κ2) is 3.94. The monoisotopic (exact) mass is 268 g/mol. The highest BCUT2D eigenvalue weighted by Crippen LogP contribution is 2.30. The molecule has 4 heteroatoms. The zero-order valence-corrected chi connectivity index (χ0v) is 10.6. The standard InChI is InChI=1S/C11H13BrN2O/c1-6-4-7(2)10-11(9(6)12)15-8(14-10)5-13-3/h4,13H,5H2,1-3H3. The minimum Gasteiger partial charge on any atom is -0.438 e. The van der Waals surface area contributed by atoms with E-state index in [0.29, 0.717) is 6.54 Å². The summed E-state index contributed by atoms with van der Waals surface area (Å²) in [6.07, 6.45) is 0. The van der Waals surface area contributed by atoms with Gasteiger partial charge in [-0.2, -0.15) is 0 Å². The van der Waals surface area contributed by atoms with Crippen LogP contribution < -0.4 is 5.32 Å². The van der Waals surface area contributed by atoms with Gasteiger partial charge in [-0.15, -0.1) is 0 Å². The third-order valence-electron chi connectivity index (χ3n) is 2.35. The van der Waals surface area contributed by atoms with Crippen molar-refractivity contribution in [2.24, 2.45) is 0 Å². The van der Waals surface area contributed by atoms with E-state index in [1.807, 2.05) is 14.0 Å². The SMILES string of the molecule is CNCc1nc2c(C)cc(C)c(Br)c2o1. The van der Waals surface area contributed by atoms with Crippen LogP contribution in [0.15, 0.2) is 15.0 Å². The van der Waals surface area contributed by atoms with Gasteiger partial charge in [0.05, 0.1) is 11.0 Å². The molecule has 0 spiro atoms. The number of benzene rings is 1. The molecule has 0 fully saturated rings. The van der Waals surface area contributed by atoms with E-state index in [1.54, 1.807) is 0 Å². The van der Waals surface area contributed by atoms with E-state index in [1.165, 1.54) is 5.56 Å². The molecule has 0 radical (unpaired) electrons. The Balaban J connectivity index is 2.68. The van der Waals surface area contributed by atoms with Gasteiger partial charge >= 0.3 is 0 Å². The molecule has 0 unspecified atom stereocenters. The summed E-state index contributed by atoms with van der Waals surface area (Å²) in [5.74, 6) is 0.724. The molecule has 2 rings (SSSR count). The van der Waals surface area contributed by atoms with Crippen molar-refractivity contribution >= 4 is 27.0 Å². The van der Waals surface area contributed by atoms with Crippen molar-refractivity contribution in [1.82, 2.24) is 10.3 Å². The number of rotatable bonds is 2. The number of aromatic nitrogens is 1. The van der Waals surface area contributed by atoms with Crippen LogP contribution in [0.25, 0.3) is 11.1 Å². The molecule has 2 aromatic rings. The van der Waals surface area contributed by atoms with Gasteiger partial charge in [0, 0.05) is 0 Å². The summed E-state index contributed by atoms with van der Waals surface area (Å²) in [6, 6.07) is 2.11. The summed E-state index contributed by atoms with van der Waals surface area (Å²) in [4.78, 5) is 4.44. The molecule has 1 aromatic carbocycles. The van der Waals surface area contributed by atoms with E-state index < -0.39 is 0 Å². The number of aryl methyl sites for hydroxylation is 2. The van der Waals surface area contributed by atoms with Crippen molar-refractivity contribution in [3.05, 3.63) is 27.6 Å². The molecule has 3 nitrogen and oxygen atoms in total. The number of halogens is 1. The average molecular weight is 269 g/mol. The fourth-order valence-corrected chi connectivity index (χ4v) is 2.03. The summed E-state index contributed by atoms with van der Waals surface area (Å²) in [6.45, 7) is 4.75. The molecule has 80 valence electrons. The van der Waals surface area contributed by atoms with Gasteiger partial charge in [-0.1, -0.05) is 6.07 Å². The Morgan fingerprint density at radius 2 is 2.13 bits per heavy atom. The van der Waals surface area contributed by atoms with Crippen molar-refractivity contribution < 1.29 is 4.42 Å². The molecule has 0 atom stereocenters. The number of nitrogens with zero attached hydrogens (tertiary/aromatic N) is 1. The predicted octanol–water partition coefficient (Wildman–Crippen LogP) is 2.93. The topological polar surface area (TPSA) is 38.1 Å². The molecule has 1 aromatic heterocycles. The summed E-state index contributed by atoms with van der Waals surface area (Å²) < 4.78 is 6.68. The fraction of sp³-hybridized carbons (Fsp3) is 0.364. The second-order valence-corrected chi connectivity index (χ2v) is 4.43. The maximum absolute atomic E-state index is 5.68. The van der Waals surface area contributed by atoms with Crippen LogP contribution >= 0.6 is 15.9 Å². The lowest BCUT2D eigenvalue weighted by molar-refractivity contribution is 0.510. The number of nitrogens with one attached hydrogen (secondary N) is 1. The Hall–Kier alpha value is -0.870. The van der Waals surface area contributed by atoms with Gasteiger partial charge in [0.25, 0.3) is 0 Å². The maximum atomic E-state index is 5.68. The van der Waals surface area contributed by atoms with Crippen LogP contribution in [-0.2, 0) is 6.54 Å². The Kier molecular flexibility index (Phi) is 2.80. The van der Waals surface area contributed by atoms with E-state index >= 15 is 0 Å². The molecule has 0 amide bonds. The van der Waals surface area contributed by atoms with Gasteiger partial charge in [-0.25, -0.2) is 4.98 Å². The molecule has 0 saturated carbocycles. The highest BCUT2D eigenvalue weighted by atomic mass is 79.9. The van der Waals surface area contributed by atoms with E-state index in [-0.39, 0.29) is 0 Å². The van der Waals surface area contributed by atoms with Gasteiger partial charge in [-0.05, 0) is 48.0 Å². The van der Waals surface area contributed by atoms with Crippen molar-refractivity contribution in [2.75, 3.05) is 7.05 Å². The third kappa shape index (κ3) is 1.79. The Labute approximate surface area is 97.0 Å². The smallest absolute Gasteiger partial charge is 0.209 e. The first-order valence-corrected chi connectivity index (χ1v) is 5.62. The lowest BCUT2D eigenvalue weighted by Crippen LogP contribution is -2.04. The van der Waals surface area contributed by atoms with Gasteiger partial charge < -0.3 is 9.73 Å². The normalized spacial score (nSPS) is 11.2. The summed E-state index contributed by atoms with van der Waals surface area (Å²) in [5, 5.41) is 3.03. The molecule has 15 heavy (non-hydrogen) atoms. The van der Waals surface area contributed by atoms with E-state index in [9.17, 15) is 0 Å². The molecule has 0 bridgehead atoms. The average Bonchev–Trinajstić information content (AvgIpc) is 2.60. The summed E-state index contributed by atoms with van der Waals surface area (Å²) in [5.41, 5.74) is 4.11. The van der Waals surface area contributed by atoms with E-state index in [2.05, 4.69) is 39.2 Å². The van der Waals surface area contributed by atoms with Crippen LogP contribution in [0.5, 0.6) is 0 Å². The largest absolute Gasteiger partial charge is 0.438 e. The van der Waals surface area contributed by atoms with Crippen molar-refractivity contribution in [2.45, 2.75) is 20.4 Å². The second-order valence-electron chi connectivity index (χ2n) is 3.64. The number of fused-ring (bicyclic) bond motifs is 1. The lowest BCUT2D eigenvalue weighted by atomic mass is 10.1. The van der Waals surface area contributed by atoms with Crippen LogP contribution in [0.2, 0.25) is 0 Å². The number of hydrogen-bond acceptors (Lipinski definition) is 3. The number of hydrogen-bond donors (Lipinski definition) is 1. The Morgan fingerprint density at radius 1 is 1.40 bits per heavy atom. The molecule has 0 aliphatic heterocycles. The molecule has 1 N–H and O–H groups in total. The van der Waals surface area contributed by atoms with E-state index in [4.69, 9.17) is 4.42 Å². The third-order valence-corrected chi connectivity index (χ3v) is 3.34. The van der Waals surface area contributed by atoms with Gasteiger partial charge in [0.1, 0.15) is 5.52 Å². The summed E-state index contributed by atoms with van der Waals surface area (Å²) in [7, 11) is 1.88. The number of oxazole rings is 1.